The molecule has 76 heavy (non-hydrogen) atoms. The van der Waals surface area contributed by atoms with Gasteiger partial charge in [-0.2, -0.15) is 0 Å². The number of carbonyl (C=O) groups is 3. The van der Waals surface area contributed by atoms with Crippen LogP contribution in [0.5, 0.6) is 11.5 Å². The van der Waals surface area contributed by atoms with Crippen molar-refractivity contribution in [3.05, 3.63) is 115 Å². The molecule has 0 aliphatic carbocycles. The number of methoxy groups -OCH3 is 1. The molecule has 0 bridgehead atoms. The number of rotatable bonds is 13. The highest BCUT2D eigenvalue weighted by atomic mass is 35.5. The van der Waals surface area contributed by atoms with Crippen molar-refractivity contribution in [2.45, 2.75) is 173 Å². The maximum absolute atomic E-state index is 14.0. The summed E-state index contributed by atoms with van der Waals surface area (Å²) in [5, 5.41) is 77.0. The van der Waals surface area contributed by atoms with E-state index in [2.05, 4.69) is 0 Å². The van der Waals surface area contributed by atoms with Crippen molar-refractivity contribution in [1.29, 1.82) is 0 Å². The number of phenolic OH excluding ortho intramolecular Hbond substituents is 2. The Morgan fingerprint density at radius 1 is 0.868 bits per heavy atom. The van der Waals surface area contributed by atoms with Gasteiger partial charge in [-0.25, -0.2) is 14.4 Å². The predicted octanol–water partition coefficient (Wildman–Crippen LogP) is 7.55. The minimum absolute atomic E-state index is 0.0467. The van der Waals surface area contributed by atoms with Crippen molar-refractivity contribution in [1.82, 2.24) is 0 Å². The number of ether oxygens (including phenoxy) is 8. The van der Waals surface area contributed by atoms with Gasteiger partial charge in [0, 0.05) is 24.5 Å². The van der Waals surface area contributed by atoms with E-state index in [4.69, 9.17) is 72.7 Å². The van der Waals surface area contributed by atoms with E-state index < -0.39 is 138 Å². The second-order valence-corrected chi connectivity index (χ2v) is 20.9. The molecule has 2 fully saturated rings. The van der Waals surface area contributed by atoms with Crippen LogP contribution in [0, 0.1) is 5.92 Å². The van der Waals surface area contributed by atoms with Crippen LogP contribution in [0.3, 0.4) is 0 Å². The fraction of sp³-hybridized carbons (Fsp3) is 0.545. The smallest absolute Gasteiger partial charge is 0.342 e. The lowest BCUT2D eigenvalue weighted by atomic mass is 9.88. The van der Waals surface area contributed by atoms with E-state index >= 15 is 0 Å². The van der Waals surface area contributed by atoms with Crippen LogP contribution in [0.15, 0.2) is 83.0 Å². The van der Waals surface area contributed by atoms with E-state index in [1.807, 2.05) is 26.0 Å². The van der Waals surface area contributed by atoms with Crippen LogP contribution < -0.4 is 0 Å². The number of esters is 3. The predicted molar refractivity (Wildman–Crippen MR) is 281 cm³/mol. The number of aliphatic hydroxyl groups is 5. The summed E-state index contributed by atoms with van der Waals surface area (Å²) >= 11 is 18.3. The zero-order chi connectivity index (χ0) is 56.5. The maximum atomic E-state index is 14.0. The molecule has 2 aromatic rings. The van der Waals surface area contributed by atoms with Crippen molar-refractivity contribution in [2.24, 2.45) is 5.92 Å². The Bertz CT molecular complexity index is 2520. The number of phenols is 2. The highest BCUT2D eigenvalue weighted by Crippen LogP contribution is 2.45. The molecule has 0 radical (unpaired) electrons. The van der Waals surface area contributed by atoms with E-state index in [9.17, 15) is 50.1 Å². The monoisotopic (exact) mass is 1120 g/mol. The summed E-state index contributed by atoms with van der Waals surface area (Å²) < 4.78 is 48.1. The van der Waals surface area contributed by atoms with Gasteiger partial charge in [-0.3, -0.25) is 0 Å². The Labute approximate surface area is 458 Å². The normalized spacial score (nSPS) is 33.5. The van der Waals surface area contributed by atoms with Gasteiger partial charge in [-0.1, -0.05) is 84.6 Å². The lowest BCUT2D eigenvalue weighted by Crippen LogP contribution is -2.64. The molecule has 14 atom stereocenters. The molecule has 5 rings (SSSR count). The number of aliphatic hydroxyl groups excluding tert-OH is 5. The Morgan fingerprint density at radius 2 is 1.53 bits per heavy atom. The third-order valence-corrected chi connectivity index (χ3v) is 14.6. The van der Waals surface area contributed by atoms with Crippen LogP contribution in [0.25, 0.3) is 0 Å². The lowest BCUT2D eigenvalue weighted by Gasteiger charge is -2.47. The number of aromatic hydroxyl groups is 2. The molecule has 21 heteroatoms. The molecule has 0 aromatic heterocycles. The van der Waals surface area contributed by atoms with Crippen molar-refractivity contribution < 1.29 is 88.0 Å². The van der Waals surface area contributed by atoms with Crippen LogP contribution in [-0.4, -0.2) is 153 Å². The van der Waals surface area contributed by atoms with Crippen LogP contribution in [0.2, 0.25) is 15.1 Å². The number of carbonyl (C=O) groups excluding carboxylic acids is 3. The minimum Gasteiger partial charge on any atom is -0.505 e. The van der Waals surface area contributed by atoms with Gasteiger partial charge in [0.05, 0.1) is 52.8 Å². The molecule has 18 nitrogen and oxygen atoms in total. The number of allylic oxidation sites excluding steroid dienone is 4. The first-order chi connectivity index (χ1) is 35.8. The van der Waals surface area contributed by atoms with E-state index in [1.165, 1.54) is 57.4 Å². The standard InChI is InChI=1S/C55H71Cl3O18/c1-11-31-24-27(4)36(60)16-14-13-15-33(25-70-53-47(69-10)43(63)46(30(7)71-53)73-52(68)38-35(12-2)39(57)42(62)40(58)41(38)61)51(67)72-37(29(6)59)22-17-26(3)23-28(5)45(31)75-54-48(44(64)49(65)55(8,9)76-54)74-50(66)32-18-20-34(56)21-19-32/h13-15,17-21,23-24,29-31,36-37,43-49,53-54,59-65H,11-12,16,22,25H2,1-10H3/b14-13+,26-17+,27-24+,28-23+,33-15+/t29-,30-,31+,36+,37+,43+,44-,45+,46-,47+,48+,49+,53-,54-/m1/s1. The molecular weight excluding hydrogens is 1050 g/mol. The first-order valence-corrected chi connectivity index (χ1v) is 26.1. The van der Waals surface area contributed by atoms with Gasteiger partial charge in [-0.15, -0.1) is 0 Å². The van der Waals surface area contributed by atoms with Crippen LogP contribution in [0.1, 0.15) is 108 Å². The first kappa shape index (κ1) is 62.5. The second kappa shape index (κ2) is 27.5. The van der Waals surface area contributed by atoms with Gasteiger partial charge in [0.1, 0.15) is 41.1 Å². The summed E-state index contributed by atoms with van der Waals surface area (Å²) in [6, 6.07) is 5.95. The van der Waals surface area contributed by atoms with E-state index in [0.29, 0.717) is 28.2 Å². The van der Waals surface area contributed by atoms with Gasteiger partial charge >= 0.3 is 17.9 Å². The molecule has 0 saturated carbocycles. The number of benzene rings is 2. The van der Waals surface area contributed by atoms with Gasteiger partial charge in [-0.05, 0) is 115 Å². The van der Waals surface area contributed by atoms with E-state index in [-0.39, 0.29) is 41.0 Å². The Hall–Kier alpha value is -4.38. The van der Waals surface area contributed by atoms with Gasteiger partial charge in [0.25, 0.3) is 0 Å². The largest absolute Gasteiger partial charge is 0.505 e. The molecular formula is C55H71Cl3O18. The van der Waals surface area contributed by atoms with E-state index in [0.717, 1.165) is 0 Å². The summed E-state index contributed by atoms with van der Waals surface area (Å²) in [6.07, 6.45) is -6.06. The lowest BCUT2D eigenvalue weighted by molar-refractivity contribution is -0.330. The van der Waals surface area contributed by atoms with Gasteiger partial charge in [0.15, 0.2) is 36.3 Å². The Kier molecular flexibility index (Phi) is 22.6. The summed E-state index contributed by atoms with van der Waals surface area (Å²) in [7, 11) is 1.26. The Morgan fingerprint density at radius 3 is 2.14 bits per heavy atom. The average Bonchev–Trinajstić information content (AvgIpc) is 3.37. The van der Waals surface area contributed by atoms with Crippen LogP contribution in [-0.2, 0) is 49.1 Å². The zero-order valence-corrected chi connectivity index (χ0v) is 46.4. The summed E-state index contributed by atoms with van der Waals surface area (Å²) in [5.41, 5.74) is 0.277. The summed E-state index contributed by atoms with van der Waals surface area (Å²) in [5.74, 6) is -4.63. The minimum atomic E-state index is -1.62. The highest BCUT2D eigenvalue weighted by Gasteiger charge is 2.53. The maximum Gasteiger partial charge on any atom is 0.342 e. The topological polar surface area (TPSA) is 267 Å². The second-order valence-electron chi connectivity index (χ2n) is 19.7. The molecule has 0 spiro atoms. The van der Waals surface area contributed by atoms with Gasteiger partial charge in [0.2, 0.25) is 0 Å². The molecule has 7 N–H and O–H groups in total. The van der Waals surface area contributed by atoms with Crippen molar-refractivity contribution in [2.75, 3.05) is 13.7 Å². The quantitative estimate of drug-likeness (QED) is 0.0580. The number of hydrogen-bond donors (Lipinski definition) is 7. The van der Waals surface area contributed by atoms with Gasteiger partial charge < -0.3 is 73.6 Å². The molecule has 2 saturated heterocycles. The fourth-order valence-corrected chi connectivity index (χ4v) is 9.71. The van der Waals surface area contributed by atoms with Crippen molar-refractivity contribution in [3.63, 3.8) is 0 Å². The fourth-order valence-electron chi connectivity index (χ4n) is 9.03. The average molecular weight is 1130 g/mol. The summed E-state index contributed by atoms with van der Waals surface area (Å²) in [6.45, 7) is 14.6. The van der Waals surface area contributed by atoms with Crippen molar-refractivity contribution >= 4 is 52.7 Å². The molecule has 3 heterocycles. The number of hydrogen-bond acceptors (Lipinski definition) is 18. The van der Waals surface area contributed by atoms with E-state index in [1.54, 1.807) is 46.8 Å². The third kappa shape index (κ3) is 15.0. The van der Waals surface area contributed by atoms with Crippen molar-refractivity contribution in [3.8, 4) is 11.5 Å². The number of halogens is 3. The SMILES string of the molecule is CCc1c(Cl)c(O)c(Cl)c(O)c1C(=O)O[C@H]1[C@H](O)[C@H](OC)[C@H](OC/C2=C\C=C\C[C@H](O)/C(C)=C/[C@H](CC)[C@@H](O[C@@H]3OC(C)(C)[C@@H](O)[C@H](O)[C@@H]3OC(=O)c3ccc(Cl)cc3)/C(C)=C/C(C)=C/C[C@@H]([C@@H](C)O)OC2=O)O[C@@H]1C. The molecule has 0 amide bonds. The molecule has 2 aromatic carbocycles. The molecule has 420 valence electrons. The molecule has 0 unspecified atom stereocenters. The third-order valence-electron chi connectivity index (χ3n) is 13.6. The Balaban J connectivity index is 1.41. The molecule has 3 aliphatic heterocycles. The van der Waals surface area contributed by atoms with Crippen LogP contribution >= 0.6 is 34.8 Å². The summed E-state index contributed by atoms with van der Waals surface area (Å²) in [4.78, 5) is 41.0. The number of cyclic esters (lactones) is 1. The van der Waals surface area contributed by atoms with Crippen LogP contribution in [0.4, 0.5) is 0 Å². The molecule has 3 aliphatic rings. The zero-order valence-electron chi connectivity index (χ0n) is 44.1. The first-order valence-electron chi connectivity index (χ1n) is 25.0. The highest BCUT2D eigenvalue weighted by molar-refractivity contribution is 6.39.